The molecule has 4 N–H and O–H groups in total. The van der Waals surface area contributed by atoms with Crippen LogP contribution in [0.4, 0.5) is 15.8 Å². The van der Waals surface area contributed by atoms with Crippen molar-refractivity contribution in [1.29, 1.82) is 0 Å². The molecule has 1 unspecified atom stereocenters. The second-order valence-corrected chi connectivity index (χ2v) is 6.80. The lowest BCUT2D eigenvalue weighted by Gasteiger charge is -2.13. The van der Waals surface area contributed by atoms with E-state index in [0.29, 0.717) is 16.4 Å². The van der Waals surface area contributed by atoms with E-state index in [0.717, 1.165) is 0 Å². The number of aliphatic hydroxyl groups excluding tert-OH is 1. The van der Waals surface area contributed by atoms with Crippen molar-refractivity contribution in [2.45, 2.75) is 13.0 Å². The third kappa shape index (κ3) is 4.98. The summed E-state index contributed by atoms with van der Waals surface area (Å²) in [7, 11) is 0. The summed E-state index contributed by atoms with van der Waals surface area (Å²) >= 11 is 5.93. The average molecular weight is 417 g/mol. The Hall–Kier alpha value is -3.23. The number of carbonyl (C=O) groups excluding carboxylic acids is 1. The quantitative estimate of drug-likeness (QED) is 0.494. The maximum absolute atomic E-state index is 14.2. The number of aromatic nitrogens is 2. The van der Waals surface area contributed by atoms with Crippen molar-refractivity contribution in [2.24, 2.45) is 0 Å². The van der Waals surface area contributed by atoms with Gasteiger partial charge >= 0.3 is 0 Å². The maximum Gasteiger partial charge on any atom is 0.256 e. The Morgan fingerprint density at radius 1 is 1.31 bits per heavy atom. The van der Waals surface area contributed by atoms with Crippen LogP contribution in [0.25, 0.3) is 11.1 Å². The zero-order valence-corrected chi connectivity index (χ0v) is 16.1. The van der Waals surface area contributed by atoms with Crippen molar-refractivity contribution < 1.29 is 14.3 Å². The molecule has 0 aliphatic rings. The average Bonchev–Trinajstić information content (AvgIpc) is 2.70. The van der Waals surface area contributed by atoms with Crippen molar-refractivity contribution >= 4 is 28.9 Å². The van der Waals surface area contributed by atoms with E-state index in [4.69, 9.17) is 11.6 Å². The molecule has 1 atom stereocenters. The van der Waals surface area contributed by atoms with E-state index in [9.17, 15) is 19.1 Å². The molecule has 0 saturated carbocycles. The number of pyridine rings is 2. The van der Waals surface area contributed by atoms with Crippen LogP contribution in [0.3, 0.4) is 0 Å². The molecule has 0 radical (unpaired) electrons. The summed E-state index contributed by atoms with van der Waals surface area (Å²) in [5.74, 6) is -1.01. The molecule has 0 spiro atoms. The number of amides is 1. The van der Waals surface area contributed by atoms with E-state index >= 15 is 0 Å². The van der Waals surface area contributed by atoms with Crippen LogP contribution in [0.2, 0.25) is 5.02 Å². The van der Waals surface area contributed by atoms with Crippen LogP contribution >= 0.6 is 11.6 Å². The van der Waals surface area contributed by atoms with Crippen molar-refractivity contribution in [3.63, 3.8) is 0 Å². The van der Waals surface area contributed by atoms with Gasteiger partial charge in [-0.25, -0.2) is 4.39 Å². The number of nitrogens with one attached hydrogen (secondary N) is 3. The van der Waals surface area contributed by atoms with Gasteiger partial charge in [-0.05, 0) is 37.3 Å². The van der Waals surface area contributed by atoms with Crippen molar-refractivity contribution in [3.8, 4) is 11.1 Å². The first-order chi connectivity index (χ1) is 13.8. The first kappa shape index (κ1) is 20.5. The minimum absolute atomic E-state index is 0.0621. The normalized spacial score (nSPS) is 11.7. The molecule has 7 nitrogen and oxygen atoms in total. The zero-order chi connectivity index (χ0) is 21.0. The van der Waals surface area contributed by atoms with Crippen LogP contribution in [-0.2, 0) is 0 Å². The van der Waals surface area contributed by atoms with Crippen molar-refractivity contribution in [2.75, 3.05) is 11.9 Å². The molecule has 1 amide bonds. The fourth-order valence-corrected chi connectivity index (χ4v) is 2.81. The molecule has 150 valence electrons. The Morgan fingerprint density at radius 2 is 2.10 bits per heavy atom. The van der Waals surface area contributed by atoms with Gasteiger partial charge in [-0.1, -0.05) is 11.6 Å². The topological polar surface area (TPSA) is 107 Å². The number of aliphatic hydroxyl groups is 1. The fraction of sp³-hybridized carbons (Fsp3) is 0.150. The van der Waals surface area contributed by atoms with Gasteiger partial charge in [0.25, 0.3) is 11.5 Å². The molecular weight excluding hydrogens is 399 g/mol. The monoisotopic (exact) mass is 416 g/mol. The third-order valence-electron chi connectivity index (χ3n) is 4.02. The smallest absolute Gasteiger partial charge is 0.256 e. The van der Waals surface area contributed by atoms with E-state index in [-0.39, 0.29) is 23.2 Å². The minimum atomic E-state index is -0.693. The Kier molecular flexibility index (Phi) is 6.26. The first-order valence-corrected chi connectivity index (χ1v) is 9.08. The van der Waals surface area contributed by atoms with Crippen LogP contribution in [0.1, 0.15) is 17.3 Å². The van der Waals surface area contributed by atoms with Gasteiger partial charge in [0.05, 0.1) is 28.6 Å². The van der Waals surface area contributed by atoms with Gasteiger partial charge in [0.2, 0.25) is 0 Å². The largest absolute Gasteiger partial charge is 0.392 e. The van der Waals surface area contributed by atoms with Gasteiger partial charge < -0.3 is 20.7 Å². The molecule has 0 fully saturated rings. The third-order valence-corrected chi connectivity index (χ3v) is 4.26. The predicted molar refractivity (Wildman–Crippen MR) is 109 cm³/mol. The molecule has 3 rings (SSSR count). The van der Waals surface area contributed by atoms with Gasteiger partial charge in [0.1, 0.15) is 5.82 Å². The molecule has 0 bridgehead atoms. The lowest BCUT2D eigenvalue weighted by atomic mass is 10.1. The molecule has 2 aromatic heterocycles. The number of rotatable bonds is 6. The Balaban J connectivity index is 1.93. The van der Waals surface area contributed by atoms with Crippen LogP contribution in [0.15, 0.2) is 53.7 Å². The van der Waals surface area contributed by atoms with Gasteiger partial charge in [0.15, 0.2) is 0 Å². The van der Waals surface area contributed by atoms with Crippen LogP contribution < -0.4 is 16.2 Å². The molecule has 0 saturated heterocycles. The standard InChI is InChI=1S/C20H18ClFN4O3/c1-11(27)8-24-20(29)16-10-23-5-4-18(16)26-13-7-15(19(28)25-9-13)14-6-12(21)2-3-17(14)22/h2-7,9-11,27H,8H2,1H3,(H,23,26)(H,24,29)(H,25,28). The number of aromatic amines is 1. The van der Waals surface area contributed by atoms with Gasteiger partial charge in [-0.3, -0.25) is 14.6 Å². The molecule has 3 aromatic rings. The van der Waals surface area contributed by atoms with E-state index in [1.54, 1.807) is 13.0 Å². The number of hydrogen-bond acceptors (Lipinski definition) is 5. The summed E-state index contributed by atoms with van der Waals surface area (Å²) in [5.41, 5.74) is 0.759. The molecule has 1 aromatic carbocycles. The summed E-state index contributed by atoms with van der Waals surface area (Å²) in [6.07, 6.45) is 3.59. The van der Waals surface area contributed by atoms with Crippen LogP contribution in [0, 0.1) is 5.82 Å². The molecular formula is C20H18ClFN4O3. The number of halogens is 2. The number of benzene rings is 1. The van der Waals surface area contributed by atoms with E-state index in [1.165, 1.54) is 42.9 Å². The van der Waals surface area contributed by atoms with Crippen molar-refractivity contribution in [3.05, 3.63) is 75.7 Å². The van der Waals surface area contributed by atoms with E-state index in [1.807, 2.05) is 0 Å². The van der Waals surface area contributed by atoms with E-state index in [2.05, 4.69) is 20.6 Å². The number of hydrogen-bond donors (Lipinski definition) is 4. The van der Waals surface area contributed by atoms with Crippen LogP contribution in [0.5, 0.6) is 0 Å². The van der Waals surface area contributed by atoms with Crippen LogP contribution in [-0.4, -0.2) is 33.6 Å². The summed E-state index contributed by atoms with van der Waals surface area (Å²) in [6, 6.07) is 7.00. The second kappa shape index (κ2) is 8.85. The van der Waals surface area contributed by atoms with E-state index < -0.39 is 23.4 Å². The number of carbonyl (C=O) groups is 1. The SMILES string of the molecule is CC(O)CNC(=O)c1cnccc1Nc1c[nH]c(=O)c(-c2cc(Cl)ccc2F)c1. The highest BCUT2D eigenvalue weighted by Crippen LogP contribution is 2.26. The second-order valence-electron chi connectivity index (χ2n) is 6.36. The number of anilines is 2. The molecule has 29 heavy (non-hydrogen) atoms. The maximum atomic E-state index is 14.2. The zero-order valence-electron chi connectivity index (χ0n) is 15.4. The Bertz CT molecular complexity index is 1100. The highest BCUT2D eigenvalue weighted by molar-refractivity contribution is 6.30. The summed E-state index contributed by atoms with van der Waals surface area (Å²) in [4.78, 5) is 31.1. The predicted octanol–water partition coefficient (Wildman–Crippen LogP) is 3.08. The minimum Gasteiger partial charge on any atom is -0.392 e. The summed E-state index contributed by atoms with van der Waals surface area (Å²) in [6.45, 7) is 1.64. The summed E-state index contributed by atoms with van der Waals surface area (Å²) in [5, 5.41) is 15.3. The fourth-order valence-electron chi connectivity index (χ4n) is 2.64. The van der Waals surface area contributed by atoms with Gasteiger partial charge in [-0.15, -0.1) is 0 Å². The molecule has 0 aliphatic carbocycles. The number of H-pyrrole nitrogens is 1. The first-order valence-electron chi connectivity index (χ1n) is 8.70. The highest BCUT2D eigenvalue weighted by atomic mass is 35.5. The molecule has 0 aliphatic heterocycles. The lowest BCUT2D eigenvalue weighted by molar-refractivity contribution is 0.0924. The molecule has 9 heteroatoms. The summed E-state index contributed by atoms with van der Waals surface area (Å²) < 4.78 is 14.2. The van der Waals surface area contributed by atoms with Gasteiger partial charge in [0, 0.05) is 35.7 Å². The van der Waals surface area contributed by atoms with Crippen molar-refractivity contribution in [1.82, 2.24) is 15.3 Å². The highest BCUT2D eigenvalue weighted by Gasteiger charge is 2.14. The molecule has 2 heterocycles. The van der Waals surface area contributed by atoms with Gasteiger partial charge in [-0.2, -0.15) is 0 Å². The Morgan fingerprint density at radius 3 is 2.86 bits per heavy atom. The lowest BCUT2D eigenvalue weighted by Crippen LogP contribution is -2.31. The Labute approximate surface area is 170 Å². The number of nitrogens with zero attached hydrogens (tertiary/aromatic N) is 1.